The van der Waals surface area contributed by atoms with Gasteiger partial charge in [0.1, 0.15) is 18.1 Å². The van der Waals surface area contributed by atoms with Crippen LogP contribution in [0.2, 0.25) is 0 Å². The van der Waals surface area contributed by atoms with Gasteiger partial charge in [0.05, 0.1) is 6.04 Å². The number of amides is 3. The summed E-state index contributed by atoms with van der Waals surface area (Å²) in [7, 11) is 0. The van der Waals surface area contributed by atoms with Crippen LogP contribution in [-0.2, 0) is 32.0 Å². The van der Waals surface area contributed by atoms with Crippen molar-refractivity contribution in [1.29, 1.82) is 0 Å². The summed E-state index contributed by atoms with van der Waals surface area (Å²) < 4.78 is 0. The fourth-order valence-electron chi connectivity index (χ4n) is 4.88. The maximum absolute atomic E-state index is 13.6. The first-order chi connectivity index (χ1) is 20.0. The van der Waals surface area contributed by atoms with Crippen molar-refractivity contribution in [3.8, 4) is 0 Å². The van der Waals surface area contributed by atoms with E-state index in [1.807, 2.05) is 75.4 Å². The zero-order valence-corrected chi connectivity index (χ0v) is 24.7. The van der Waals surface area contributed by atoms with Crippen LogP contribution in [0.3, 0.4) is 0 Å². The number of H-pyrrole nitrogens is 1. The zero-order chi connectivity index (χ0) is 30.8. The maximum atomic E-state index is 13.6. The van der Waals surface area contributed by atoms with Gasteiger partial charge in [0.25, 0.3) is 0 Å². The fraction of sp³-hybridized carbons (Fsp3) is 0.438. The van der Waals surface area contributed by atoms with Crippen LogP contribution in [0.1, 0.15) is 51.7 Å². The van der Waals surface area contributed by atoms with E-state index in [1.54, 1.807) is 13.1 Å². The summed E-state index contributed by atoms with van der Waals surface area (Å²) >= 11 is 0. The number of benzene rings is 2. The summed E-state index contributed by atoms with van der Waals surface area (Å²) in [5.74, 6) is -3.05. The fourth-order valence-corrected chi connectivity index (χ4v) is 4.88. The molecule has 5 unspecified atom stereocenters. The molecule has 0 saturated heterocycles. The van der Waals surface area contributed by atoms with Crippen LogP contribution >= 0.6 is 0 Å². The number of hydrogen-bond donors (Lipinski definition) is 6. The number of carboxylic acids is 1. The molecule has 0 aliphatic heterocycles. The molecule has 10 heteroatoms. The number of nitrogens with one attached hydrogen (secondary N) is 4. The van der Waals surface area contributed by atoms with Crippen molar-refractivity contribution in [2.24, 2.45) is 17.6 Å². The van der Waals surface area contributed by atoms with Crippen LogP contribution in [0.15, 0.2) is 60.8 Å². The van der Waals surface area contributed by atoms with Crippen LogP contribution in [0.4, 0.5) is 0 Å². The van der Waals surface area contributed by atoms with Crippen LogP contribution in [-0.4, -0.2) is 57.9 Å². The highest BCUT2D eigenvalue weighted by molar-refractivity contribution is 5.95. The van der Waals surface area contributed by atoms with Gasteiger partial charge in [0.15, 0.2) is 0 Å². The Morgan fingerprint density at radius 3 is 2.10 bits per heavy atom. The first kappa shape index (κ1) is 32.3. The van der Waals surface area contributed by atoms with Crippen LogP contribution in [0.5, 0.6) is 0 Å². The number of carbonyl (C=O) groups excluding carboxylic acids is 3. The molecule has 10 nitrogen and oxygen atoms in total. The lowest BCUT2D eigenvalue weighted by molar-refractivity contribution is -0.143. The number of nitrogens with two attached hydrogens (primary N) is 1. The molecular formula is C32H43N5O5. The van der Waals surface area contributed by atoms with Gasteiger partial charge in [-0.15, -0.1) is 0 Å². The molecule has 0 saturated carbocycles. The topological polar surface area (TPSA) is 166 Å². The Hall–Kier alpha value is -4.18. The molecule has 226 valence electrons. The molecule has 0 spiro atoms. The molecule has 5 atom stereocenters. The first-order valence-corrected chi connectivity index (χ1v) is 14.5. The SMILES string of the molecule is CCC(C)C(NC(=O)C(Cc1c[nH]c2ccccc12)NC(=O)C(CC(C)C)NC(=O)C(N)Cc1ccccc1)C(=O)O. The monoisotopic (exact) mass is 577 g/mol. The summed E-state index contributed by atoms with van der Waals surface area (Å²) in [6.45, 7) is 7.45. The molecule has 0 fully saturated rings. The van der Waals surface area contributed by atoms with Gasteiger partial charge >= 0.3 is 5.97 Å². The molecule has 3 aromatic rings. The number of aromatic nitrogens is 1. The third-order valence-corrected chi connectivity index (χ3v) is 7.48. The molecule has 7 N–H and O–H groups in total. The largest absolute Gasteiger partial charge is 0.480 e. The smallest absolute Gasteiger partial charge is 0.326 e. The van der Waals surface area contributed by atoms with Gasteiger partial charge in [0.2, 0.25) is 17.7 Å². The van der Waals surface area contributed by atoms with Gasteiger partial charge in [-0.1, -0.05) is 82.6 Å². The van der Waals surface area contributed by atoms with E-state index in [0.29, 0.717) is 19.3 Å². The molecule has 0 aliphatic rings. The summed E-state index contributed by atoms with van der Waals surface area (Å²) in [4.78, 5) is 55.3. The normalized spacial score (nSPS) is 14.9. The third-order valence-electron chi connectivity index (χ3n) is 7.48. The Bertz CT molecular complexity index is 1360. The number of carbonyl (C=O) groups is 4. The Kier molecular flexibility index (Phi) is 11.7. The van der Waals surface area contributed by atoms with Gasteiger partial charge in [-0.05, 0) is 41.9 Å². The Labute approximate surface area is 246 Å². The minimum Gasteiger partial charge on any atom is -0.480 e. The van der Waals surface area contributed by atoms with E-state index in [0.717, 1.165) is 22.0 Å². The van der Waals surface area contributed by atoms with Crippen molar-refractivity contribution in [2.45, 2.75) is 77.5 Å². The maximum Gasteiger partial charge on any atom is 0.326 e. The number of carboxylic acid groups (broad SMARTS) is 1. The molecular weight excluding hydrogens is 534 g/mol. The molecule has 1 heterocycles. The van der Waals surface area contributed by atoms with E-state index in [-0.39, 0.29) is 18.3 Å². The second-order valence-electron chi connectivity index (χ2n) is 11.3. The molecule has 2 aromatic carbocycles. The number of para-hydroxylation sites is 1. The van der Waals surface area contributed by atoms with Gasteiger partial charge < -0.3 is 31.8 Å². The van der Waals surface area contributed by atoms with E-state index in [2.05, 4.69) is 20.9 Å². The van der Waals surface area contributed by atoms with Crippen molar-refractivity contribution in [3.63, 3.8) is 0 Å². The van der Waals surface area contributed by atoms with E-state index >= 15 is 0 Å². The van der Waals surface area contributed by atoms with Crippen molar-refractivity contribution in [3.05, 3.63) is 71.9 Å². The van der Waals surface area contributed by atoms with Crippen molar-refractivity contribution < 1.29 is 24.3 Å². The second-order valence-corrected chi connectivity index (χ2v) is 11.3. The lowest BCUT2D eigenvalue weighted by Gasteiger charge is -2.27. The van der Waals surface area contributed by atoms with Crippen molar-refractivity contribution in [1.82, 2.24) is 20.9 Å². The number of aromatic amines is 1. The summed E-state index contributed by atoms with van der Waals surface area (Å²) in [5.41, 5.74) is 8.74. The predicted octanol–water partition coefficient (Wildman–Crippen LogP) is 2.91. The molecule has 3 amide bonds. The van der Waals surface area contributed by atoms with Crippen LogP contribution in [0.25, 0.3) is 10.9 Å². The minimum absolute atomic E-state index is 0.0501. The zero-order valence-electron chi connectivity index (χ0n) is 24.7. The number of hydrogen-bond acceptors (Lipinski definition) is 5. The summed E-state index contributed by atoms with van der Waals surface area (Å²) in [6.07, 6.45) is 3.06. The Morgan fingerprint density at radius 2 is 1.45 bits per heavy atom. The number of rotatable bonds is 15. The van der Waals surface area contributed by atoms with Crippen molar-refractivity contribution in [2.75, 3.05) is 0 Å². The quantitative estimate of drug-likeness (QED) is 0.162. The summed E-state index contributed by atoms with van der Waals surface area (Å²) in [6, 6.07) is 12.9. The van der Waals surface area contributed by atoms with Gasteiger partial charge in [-0.25, -0.2) is 4.79 Å². The molecule has 0 radical (unpaired) electrons. The highest BCUT2D eigenvalue weighted by Gasteiger charge is 2.32. The standard InChI is InChI=1S/C32H43N5O5/c1-5-20(4)28(32(41)42)37-31(40)27(17-22-18-34-25-14-10-9-13-23(22)25)36-30(39)26(15-19(2)3)35-29(38)24(33)16-21-11-7-6-8-12-21/h6-14,18-20,24,26-28,34H,5,15-17,33H2,1-4H3,(H,35,38)(H,36,39)(H,37,40)(H,41,42). The average Bonchev–Trinajstić information content (AvgIpc) is 3.37. The number of aliphatic carboxylic acids is 1. The Balaban J connectivity index is 1.83. The molecule has 0 aliphatic carbocycles. The van der Waals surface area contributed by atoms with E-state index < -0.39 is 47.9 Å². The van der Waals surface area contributed by atoms with Gasteiger partial charge in [-0.3, -0.25) is 14.4 Å². The van der Waals surface area contributed by atoms with Crippen molar-refractivity contribution >= 4 is 34.6 Å². The molecule has 42 heavy (non-hydrogen) atoms. The van der Waals surface area contributed by atoms with Crippen LogP contribution in [0, 0.1) is 11.8 Å². The number of fused-ring (bicyclic) bond motifs is 1. The summed E-state index contributed by atoms with van der Waals surface area (Å²) in [5, 5.41) is 18.9. The lowest BCUT2D eigenvalue weighted by atomic mass is 9.97. The van der Waals surface area contributed by atoms with E-state index in [1.165, 1.54) is 0 Å². The van der Waals surface area contributed by atoms with E-state index in [4.69, 9.17) is 5.73 Å². The lowest BCUT2D eigenvalue weighted by Crippen LogP contribution is -2.58. The Morgan fingerprint density at radius 1 is 0.833 bits per heavy atom. The third kappa shape index (κ3) is 8.91. The van der Waals surface area contributed by atoms with E-state index in [9.17, 15) is 24.3 Å². The molecule has 0 bridgehead atoms. The van der Waals surface area contributed by atoms with Gasteiger partial charge in [0, 0.05) is 23.5 Å². The average molecular weight is 578 g/mol. The first-order valence-electron chi connectivity index (χ1n) is 14.5. The molecule has 1 aromatic heterocycles. The predicted molar refractivity (Wildman–Crippen MR) is 162 cm³/mol. The minimum atomic E-state index is -1.15. The highest BCUT2D eigenvalue weighted by Crippen LogP contribution is 2.20. The van der Waals surface area contributed by atoms with Crippen LogP contribution < -0.4 is 21.7 Å². The van der Waals surface area contributed by atoms with Gasteiger partial charge in [-0.2, -0.15) is 0 Å². The molecule has 3 rings (SSSR count). The highest BCUT2D eigenvalue weighted by atomic mass is 16.4. The second kappa shape index (κ2) is 15.2.